The van der Waals surface area contributed by atoms with Gasteiger partial charge in [0.1, 0.15) is 5.82 Å². The van der Waals surface area contributed by atoms with E-state index in [1.165, 1.54) is 17.0 Å². The third kappa shape index (κ3) is 2.06. The second-order valence-corrected chi connectivity index (χ2v) is 5.38. The van der Waals surface area contributed by atoms with Crippen molar-refractivity contribution in [3.8, 4) is 10.4 Å². The van der Waals surface area contributed by atoms with Crippen LogP contribution in [-0.4, -0.2) is 0 Å². The molecule has 0 unspecified atom stereocenters. The molecule has 0 aliphatic carbocycles. The number of halogens is 2. The first-order valence-electron chi connectivity index (χ1n) is 4.39. The predicted octanol–water partition coefficient (Wildman–Crippen LogP) is 4.21. The number of anilines is 1. The topological polar surface area (TPSA) is 26.0 Å². The maximum atomic E-state index is 12.9. The van der Waals surface area contributed by atoms with Gasteiger partial charge in [0.2, 0.25) is 0 Å². The molecule has 0 saturated carbocycles. The molecule has 1 aromatic heterocycles. The van der Waals surface area contributed by atoms with E-state index in [0.29, 0.717) is 5.69 Å². The average molecular weight is 286 g/mol. The lowest BCUT2D eigenvalue weighted by molar-refractivity contribution is 0.628. The van der Waals surface area contributed by atoms with Gasteiger partial charge in [-0.3, -0.25) is 0 Å². The Hall–Kier alpha value is -0.870. The Bertz CT molecular complexity index is 507. The molecule has 0 bridgehead atoms. The molecule has 78 valence electrons. The lowest BCUT2D eigenvalue weighted by atomic mass is 10.1. The molecule has 2 aromatic rings. The molecule has 1 nitrogen and oxygen atoms in total. The fourth-order valence-electron chi connectivity index (χ4n) is 1.41. The van der Waals surface area contributed by atoms with E-state index in [1.807, 2.05) is 13.0 Å². The van der Waals surface area contributed by atoms with Crippen LogP contribution in [0.3, 0.4) is 0 Å². The van der Waals surface area contributed by atoms with Crippen LogP contribution in [0.4, 0.5) is 10.1 Å². The van der Waals surface area contributed by atoms with E-state index in [4.69, 9.17) is 5.73 Å². The summed E-state index contributed by atoms with van der Waals surface area (Å²) in [4.78, 5) is 2.24. The highest BCUT2D eigenvalue weighted by atomic mass is 79.9. The summed E-state index contributed by atoms with van der Waals surface area (Å²) < 4.78 is 13.9. The zero-order chi connectivity index (χ0) is 11.0. The minimum atomic E-state index is -0.305. The molecule has 0 spiro atoms. The number of nitrogens with two attached hydrogens (primary N) is 1. The monoisotopic (exact) mass is 285 g/mol. The van der Waals surface area contributed by atoms with Gasteiger partial charge < -0.3 is 5.73 Å². The van der Waals surface area contributed by atoms with Crippen LogP contribution in [0.5, 0.6) is 0 Å². The number of thiophene rings is 1. The van der Waals surface area contributed by atoms with Crippen LogP contribution in [0.1, 0.15) is 4.88 Å². The van der Waals surface area contributed by atoms with Gasteiger partial charge in [0.15, 0.2) is 0 Å². The molecule has 1 heterocycles. The summed E-state index contributed by atoms with van der Waals surface area (Å²) in [6, 6.07) is 6.51. The second kappa shape index (κ2) is 3.94. The summed E-state index contributed by atoms with van der Waals surface area (Å²) in [6.07, 6.45) is 0. The first-order chi connectivity index (χ1) is 7.08. The maximum absolute atomic E-state index is 12.9. The lowest BCUT2D eigenvalue weighted by Gasteiger charge is -2.03. The molecule has 2 rings (SSSR count). The van der Waals surface area contributed by atoms with Gasteiger partial charge >= 0.3 is 0 Å². The van der Waals surface area contributed by atoms with Crippen LogP contribution in [0.25, 0.3) is 10.4 Å². The van der Waals surface area contributed by atoms with Crippen molar-refractivity contribution in [1.29, 1.82) is 0 Å². The largest absolute Gasteiger partial charge is 0.398 e. The van der Waals surface area contributed by atoms with Crippen molar-refractivity contribution in [3.05, 3.63) is 39.4 Å². The van der Waals surface area contributed by atoms with E-state index in [-0.39, 0.29) is 5.82 Å². The van der Waals surface area contributed by atoms with Gasteiger partial charge in [-0.1, -0.05) is 0 Å². The first kappa shape index (κ1) is 10.6. The Morgan fingerprint density at radius 3 is 2.60 bits per heavy atom. The van der Waals surface area contributed by atoms with E-state index in [2.05, 4.69) is 15.9 Å². The minimum absolute atomic E-state index is 0.305. The van der Waals surface area contributed by atoms with Crippen molar-refractivity contribution in [2.45, 2.75) is 6.92 Å². The van der Waals surface area contributed by atoms with Crippen LogP contribution in [0.2, 0.25) is 0 Å². The van der Waals surface area contributed by atoms with Crippen molar-refractivity contribution in [3.63, 3.8) is 0 Å². The number of hydrogen-bond donors (Lipinski definition) is 1. The van der Waals surface area contributed by atoms with Crippen LogP contribution in [-0.2, 0) is 0 Å². The van der Waals surface area contributed by atoms with E-state index in [0.717, 1.165) is 14.9 Å². The highest BCUT2D eigenvalue weighted by Gasteiger charge is 2.10. The number of aryl methyl sites for hydroxylation is 1. The Morgan fingerprint density at radius 2 is 2.07 bits per heavy atom. The molecule has 1 aromatic carbocycles. The molecule has 0 saturated heterocycles. The molecule has 2 N–H and O–H groups in total. The minimum Gasteiger partial charge on any atom is -0.398 e. The van der Waals surface area contributed by atoms with E-state index >= 15 is 0 Å². The molecule has 0 atom stereocenters. The predicted molar refractivity (Wildman–Crippen MR) is 66.6 cm³/mol. The van der Waals surface area contributed by atoms with Crippen molar-refractivity contribution in [1.82, 2.24) is 0 Å². The summed E-state index contributed by atoms with van der Waals surface area (Å²) in [5.41, 5.74) is 7.12. The Labute approximate surface area is 99.9 Å². The van der Waals surface area contributed by atoms with Gasteiger partial charge in [-0.25, -0.2) is 4.39 Å². The maximum Gasteiger partial charge on any atom is 0.125 e. The zero-order valence-electron chi connectivity index (χ0n) is 8.05. The molecule has 0 amide bonds. The highest BCUT2D eigenvalue weighted by Crippen LogP contribution is 2.38. The molecule has 4 heteroatoms. The van der Waals surface area contributed by atoms with Crippen molar-refractivity contribution >= 4 is 33.0 Å². The van der Waals surface area contributed by atoms with E-state index in [9.17, 15) is 4.39 Å². The highest BCUT2D eigenvalue weighted by molar-refractivity contribution is 9.10. The zero-order valence-corrected chi connectivity index (χ0v) is 10.5. The van der Waals surface area contributed by atoms with Gasteiger partial charge in [0.25, 0.3) is 0 Å². The number of hydrogen-bond acceptors (Lipinski definition) is 2. The SMILES string of the molecule is Cc1cc(Br)c(-c2ccc(F)cc2N)s1. The summed E-state index contributed by atoms with van der Waals surface area (Å²) in [5.74, 6) is -0.305. The van der Waals surface area contributed by atoms with Gasteiger partial charge in [0.05, 0.1) is 4.88 Å². The molecule has 0 aliphatic heterocycles. The third-order valence-corrected chi connectivity index (χ3v) is 4.04. The molecule has 15 heavy (non-hydrogen) atoms. The fraction of sp³-hybridized carbons (Fsp3) is 0.0909. The van der Waals surface area contributed by atoms with Gasteiger partial charge in [-0.05, 0) is 47.1 Å². The quantitative estimate of drug-likeness (QED) is 0.781. The van der Waals surface area contributed by atoms with Gasteiger partial charge in [-0.2, -0.15) is 0 Å². The van der Waals surface area contributed by atoms with Gasteiger partial charge in [0, 0.05) is 20.6 Å². The van der Waals surface area contributed by atoms with Crippen LogP contribution >= 0.6 is 27.3 Å². The Balaban J connectivity index is 2.59. The summed E-state index contributed by atoms with van der Waals surface area (Å²) in [6.45, 7) is 2.03. The molecular weight excluding hydrogens is 277 g/mol. The van der Waals surface area contributed by atoms with E-state index in [1.54, 1.807) is 17.4 Å². The Kier molecular flexibility index (Phi) is 2.80. The number of rotatable bonds is 1. The van der Waals surface area contributed by atoms with Crippen LogP contribution in [0, 0.1) is 12.7 Å². The van der Waals surface area contributed by atoms with Gasteiger partial charge in [-0.15, -0.1) is 11.3 Å². The summed E-state index contributed by atoms with van der Waals surface area (Å²) in [5, 5.41) is 0. The average Bonchev–Trinajstić information content (AvgIpc) is 2.45. The summed E-state index contributed by atoms with van der Waals surface area (Å²) in [7, 11) is 0. The molecule has 0 fully saturated rings. The Morgan fingerprint density at radius 1 is 1.33 bits per heavy atom. The van der Waals surface area contributed by atoms with Crippen LogP contribution < -0.4 is 5.73 Å². The fourth-order valence-corrected chi connectivity index (χ4v) is 3.31. The molecule has 0 aliphatic rings. The van der Waals surface area contributed by atoms with Crippen LogP contribution in [0.15, 0.2) is 28.7 Å². The smallest absolute Gasteiger partial charge is 0.125 e. The normalized spacial score (nSPS) is 10.6. The molecular formula is C11H9BrFNS. The lowest BCUT2D eigenvalue weighted by Crippen LogP contribution is -1.89. The first-order valence-corrected chi connectivity index (χ1v) is 6.00. The number of benzene rings is 1. The standard InChI is InChI=1S/C11H9BrFNS/c1-6-4-9(12)11(15-6)8-3-2-7(13)5-10(8)14/h2-5H,14H2,1H3. The van der Waals surface area contributed by atoms with E-state index < -0.39 is 0 Å². The number of nitrogen functional groups attached to an aromatic ring is 1. The molecule has 0 radical (unpaired) electrons. The van der Waals surface area contributed by atoms with Crippen molar-refractivity contribution in [2.24, 2.45) is 0 Å². The third-order valence-electron chi connectivity index (χ3n) is 2.07. The van der Waals surface area contributed by atoms with Crippen molar-refractivity contribution in [2.75, 3.05) is 5.73 Å². The van der Waals surface area contributed by atoms with Crippen molar-refractivity contribution < 1.29 is 4.39 Å². The summed E-state index contributed by atoms with van der Waals surface area (Å²) >= 11 is 5.11. The second-order valence-electron chi connectivity index (χ2n) is 3.27.